The van der Waals surface area contributed by atoms with Crippen molar-refractivity contribution in [1.29, 1.82) is 0 Å². The van der Waals surface area contributed by atoms with Crippen LogP contribution in [0.4, 0.5) is 0 Å². The summed E-state index contributed by atoms with van der Waals surface area (Å²) >= 11 is 3.32. The van der Waals surface area contributed by atoms with E-state index in [1.807, 2.05) is 19.1 Å². The third kappa shape index (κ3) is 5.37. The number of benzene rings is 3. The summed E-state index contributed by atoms with van der Waals surface area (Å²) in [5, 5.41) is 3.94. The normalized spacial score (nSPS) is 10.6. The zero-order chi connectivity index (χ0) is 19.9. The Morgan fingerprint density at radius 2 is 1.68 bits per heavy atom. The number of halogens is 1. The van der Waals surface area contributed by atoms with Gasteiger partial charge in [-0.2, -0.15) is 5.10 Å². The summed E-state index contributed by atoms with van der Waals surface area (Å²) in [7, 11) is 0. The lowest BCUT2D eigenvalue weighted by molar-refractivity contribution is 0.0734. The van der Waals surface area contributed by atoms with E-state index in [1.54, 1.807) is 60.7 Å². The van der Waals surface area contributed by atoms with Gasteiger partial charge in [0.25, 0.3) is 5.91 Å². The molecule has 0 aromatic heterocycles. The molecule has 0 bridgehead atoms. The maximum atomic E-state index is 12.2. The number of hydrazone groups is 1. The molecule has 1 N–H and O–H groups in total. The van der Waals surface area contributed by atoms with Gasteiger partial charge in [-0.05, 0) is 73.2 Å². The topological polar surface area (TPSA) is 67.8 Å². The number of amides is 1. The summed E-state index contributed by atoms with van der Waals surface area (Å²) in [6.07, 6.45) is 1.52. The first kappa shape index (κ1) is 19.5. The Hall–Kier alpha value is -3.25. The van der Waals surface area contributed by atoms with Crippen molar-refractivity contribution in [2.24, 2.45) is 5.10 Å². The molecule has 0 spiro atoms. The summed E-state index contributed by atoms with van der Waals surface area (Å²) < 4.78 is 6.26. The first-order valence-corrected chi connectivity index (χ1v) is 9.28. The number of carbonyl (C=O) groups is 2. The molecule has 6 heteroatoms. The molecule has 3 aromatic carbocycles. The van der Waals surface area contributed by atoms with Gasteiger partial charge < -0.3 is 4.74 Å². The highest BCUT2D eigenvalue weighted by atomic mass is 79.9. The monoisotopic (exact) mass is 436 g/mol. The van der Waals surface area contributed by atoms with E-state index < -0.39 is 5.97 Å². The van der Waals surface area contributed by atoms with Gasteiger partial charge in [-0.1, -0.05) is 33.6 Å². The minimum absolute atomic E-state index is 0.299. The van der Waals surface area contributed by atoms with Crippen LogP contribution in [-0.4, -0.2) is 18.1 Å². The van der Waals surface area contributed by atoms with Crippen LogP contribution in [0.25, 0.3) is 0 Å². The molecule has 0 aliphatic rings. The molecule has 0 aliphatic heterocycles. The second-order valence-electron chi connectivity index (χ2n) is 6.03. The predicted octanol–water partition coefficient (Wildman–Crippen LogP) is 4.74. The first-order chi connectivity index (χ1) is 13.5. The van der Waals surface area contributed by atoms with Crippen LogP contribution in [-0.2, 0) is 0 Å². The molecular weight excluding hydrogens is 420 g/mol. The van der Waals surface area contributed by atoms with Gasteiger partial charge in [0.15, 0.2) is 0 Å². The molecule has 0 atom stereocenters. The van der Waals surface area contributed by atoms with Crippen molar-refractivity contribution in [3.05, 3.63) is 99.5 Å². The fourth-order valence-corrected chi connectivity index (χ4v) is 2.66. The standard InChI is InChI=1S/C22H17BrN2O3/c1-15-3-2-4-18(13-15)22(27)28-20-11-5-16(6-12-20)14-24-25-21(26)17-7-9-19(23)10-8-17/h2-14H,1H3,(H,25,26)/b24-14-. The summed E-state index contributed by atoms with van der Waals surface area (Å²) in [5.41, 5.74) is 5.23. The zero-order valence-corrected chi connectivity index (χ0v) is 16.6. The molecule has 0 saturated heterocycles. The van der Waals surface area contributed by atoms with Gasteiger partial charge in [-0.15, -0.1) is 0 Å². The lowest BCUT2D eigenvalue weighted by atomic mass is 10.1. The van der Waals surface area contributed by atoms with Crippen LogP contribution < -0.4 is 10.2 Å². The van der Waals surface area contributed by atoms with Crippen molar-refractivity contribution in [1.82, 2.24) is 5.43 Å². The van der Waals surface area contributed by atoms with E-state index in [1.165, 1.54) is 6.21 Å². The molecule has 0 radical (unpaired) electrons. The number of aryl methyl sites for hydroxylation is 1. The van der Waals surface area contributed by atoms with Gasteiger partial charge in [-0.25, -0.2) is 10.2 Å². The Morgan fingerprint density at radius 1 is 0.964 bits per heavy atom. The van der Waals surface area contributed by atoms with Crippen molar-refractivity contribution < 1.29 is 14.3 Å². The molecule has 0 heterocycles. The molecule has 0 fully saturated rings. The van der Waals surface area contributed by atoms with E-state index in [2.05, 4.69) is 26.5 Å². The van der Waals surface area contributed by atoms with Crippen LogP contribution in [0.1, 0.15) is 31.8 Å². The SMILES string of the molecule is Cc1cccc(C(=O)Oc2ccc(/C=N\NC(=O)c3ccc(Br)cc3)cc2)c1. The predicted molar refractivity (Wildman–Crippen MR) is 112 cm³/mol. The van der Waals surface area contributed by atoms with E-state index in [4.69, 9.17) is 4.74 Å². The Labute approximate surface area is 171 Å². The Balaban J connectivity index is 1.56. The van der Waals surface area contributed by atoms with Gasteiger partial charge in [0.1, 0.15) is 5.75 Å². The van der Waals surface area contributed by atoms with E-state index in [0.717, 1.165) is 15.6 Å². The Morgan fingerprint density at radius 3 is 2.36 bits per heavy atom. The number of esters is 1. The first-order valence-electron chi connectivity index (χ1n) is 8.49. The number of nitrogens with zero attached hydrogens (tertiary/aromatic N) is 1. The summed E-state index contributed by atoms with van der Waals surface area (Å²) in [5.74, 6) is -0.276. The molecule has 3 rings (SSSR count). The molecule has 1 amide bonds. The molecule has 0 saturated carbocycles. The number of carbonyl (C=O) groups excluding carboxylic acids is 2. The minimum Gasteiger partial charge on any atom is -0.423 e. The summed E-state index contributed by atoms with van der Waals surface area (Å²) in [6, 6.07) is 21.0. The second-order valence-corrected chi connectivity index (χ2v) is 6.95. The summed E-state index contributed by atoms with van der Waals surface area (Å²) in [4.78, 5) is 24.1. The minimum atomic E-state index is -0.410. The van der Waals surface area contributed by atoms with Gasteiger partial charge in [-0.3, -0.25) is 4.79 Å². The van der Waals surface area contributed by atoms with Gasteiger partial charge in [0, 0.05) is 10.0 Å². The fourth-order valence-electron chi connectivity index (χ4n) is 2.39. The van der Waals surface area contributed by atoms with Crippen LogP contribution in [0.3, 0.4) is 0 Å². The molecule has 5 nitrogen and oxygen atoms in total. The van der Waals surface area contributed by atoms with Crippen molar-refractivity contribution in [3.8, 4) is 5.75 Å². The highest BCUT2D eigenvalue weighted by Crippen LogP contribution is 2.14. The van der Waals surface area contributed by atoms with E-state index in [-0.39, 0.29) is 5.91 Å². The summed E-state index contributed by atoms with van der Waals surface area (Å²) in [6.45, 7) is 1.92. The molecule has 0 unspecified atom stereocenters. The molecule has 28 heavy (non-hydrogen) atoms. The maximum absolute atomic E-state index is 12.2. The van der Waals surface area contributed by atoms with Crippen molar-refractivity contribution in [2.75, 3.05) is 0 Å². The second kappa shape index (κ2) is 9.10. The quantitative estimate of drug-likeness (QED) is 0.271. The van der Waals surface area contributed by atoms with Gasteiger partial charge in [0.05, 0.1) is 11.8 Å². The van der Waals surface area contributed by atoms with Crippen LogP contribution in [0.5, 0.6) is 5.75 Å². The maximum Gasteiger partial charge on any atom is 0.343 e. The van der Waals surface area contributed by atoms with Crippen molar-refractivity contribution in [3.63, 3.8) is 0 Å². The number of rotatable bonds is 5. The number of nitrogens with one attached hydrogen (secondary N) is 1. The average molecular weight is 437 g/mol. The zero-order valence-electron chi connectivity index (χ0n) is 15.1. The van der Waals surface area contributed by atoms with Crippen LogP contribution in [0.15, 0.2) is 82.4 Å². The van der Waals surface area contributed by atoms with Gasteiger partial charge in [0.2, 0.25) is 0 Å². The Bertz CT molecular complexity index is 1010. The van der Waals surface area contributed by atoms with Gasteiger partial charge >= 0.3 is 5.97 Å². The van der Waals surface area contributed by atoms with Crippen LogP contribution >= 0.6 is 15.9 Å². The van der Waals surface area contributed by atoms with Crippen LogP contribution in [0.2, 0.25) is 0 Å². The molecular formula is C22H17BrN2O3. The highest BCUT2D eigenvalue weighted by molar-refractivity contribution is 9.10. The smallest absolute Gasteiger partial charge is 0.343 e. The third-order valence-corrected chi connectivity index (χ3v) is 4.36. The lowest BCUT2D eigenvalue weighted by Gasteiger charge is -2.05. The fraction of sp³-hybridized carbons (Fsp3) is 0.0455. The third-order valence-electron chi connectivity index (χ3n) is 3.83. The van der Waals surface area contributed by atoms with Crippen molar-refractivity contribution >= 4 is 34.0 Å². The van der Waals surface area contributed by atoms with E-state index in [0.29, 0.717) is 16.9 Å². The molecule has 0 aliphatic carbocycles. The van der Waals surface area contributed by atoms with Crippen LogP contribution in [0, 0.1) is 6.92 Å². The van der Waals surface area contributed by atoms with E-state index in [9.17, 15) is 9.59 Å². The largest absolute Gasteiger partial charge is 0.423 e. The molecule has 140 valence electrons. The number of hydrogen-bond acceptors (Lipinski definition) is 4. The highest BCUT2D eigenvalue weighted by Gasteiger charge is 2.08. The van der Waals surface area contributed by atoms with Crippen molar-refractivity contribution in [2.45, 2.75) is 6.92 Å². The number of ether oxygens (including phenoxy) is 1. The lowest BCUT2D eigenvalue weighted by Crippen LogP contribution is -2.17. The molecule has 3 aromatic rings. The average Bonchev–Trinajstić information content (AvgIpc) is 2.69. The van der Waals surface area contributed by atoms with E-state index >= 15 is 0 Å². The Kier molecular flexibility index (Phi) is 6.34. The number of hydrogen-bond donors (Lipinski definition) is 1.